The lowest BCUT2D eigenvalue weighted by Crippen LogP contribution is -2.33. The molecule has 6 nitrogen and oxygen atoms in total. The SMILES string of the molecule is CN(C(=O)c1n[nH]c(=O)c2ccccc12)C(CCO)c1ccccc1. The van der Waals surface area contributed by atoms with Crippen LogP contribution in [0.25, 0.3) is 10.8 Å². The van der Waals surface area contributed by atoms with Crippen LogP contribution in [0.4, 0.5) is 0 Å². The molecule has 1 atom stereocenters. The van der Waals surface area contributed by atoms with Crippen LogP contribution >= 0.6 is 0 Å². The number of nitrogens with one attached hydrogen (secondary N) is 1. The number of aromatic nitrogens is 2. The van der Waals surface area contributed by atoms with E-state index in [0.717, 1.165) is 5.56 Å². The van der Waals surface area contributed by atoms with Crippen molar-refractivity contribution >= 4 is 16.7 Å². The minimum absolute atomic E-state index is 0.0447. The average molecular weight is 337 g/mol. The van der Waals surface area contributed by atoms with E-state index in [1.165, 1.54) is 0 Å². The maximum Gasteiger partial charge on any atom is 0.275 e. The molecule has 0 saturated carbocycles. The predicted molar refractivity (Wildman–Crippen MR) is 95.3 cm³/mol. The van der Waals surface area contributed by atoms with Gasteiger partial charge in [-0.3, -0.25) is 9.59 Å². The number of benzene rings is 2. The molecule has 0 fully saturated rings. The summed E-state index contributed by atoms with van der Waals surface area (Å²) in [5.41, 5.74) is 0.794. The highest BCUT2D eigenvalue weighted by molar-refractivity contribution is 6.04. The molecule has 0 aliphatic rings. The number of hydrogen-bond acceptors (Lipinski definition) is 4. The van der Waals surface area contributed by atoms with Crippen LogP contribution in [0.5, 0.6) is 0 Å². The van der Waals surface area contributed by atoms with Crippen LogP contribution in [0, 0.1) is 0 Å². The van der Waals surface area contributed by atoms with Crippen LogP contribution in [0.15, 0.2) is 59.4 Å². The molecule has 0 saturated heterocycles. The third-order valence-corrected chi connectivity index (χ3v) is 4.27. The van der Waals surface area contributed by atoms with Crippen LogP contribution in [0.1, 0.15) is 28.5 Å². The Labute approximate surface area is 144 Å². The van der Waals surface area contributed by atoms with Crippen molar-refractivity contribution in [1.29, 1.82) is 0 Å². The van der Waals surface area contributed by atoms with Gasteiger partial charge in [-0.15, -0.1) is 0 Å². The van der Waals surface area contributed by atoms with E-state index in [1.54, 1.807) is 36.2 Å². The summed E-state index contributed by atoms with van der Waals surface area (Å²) in [6.07, 6.45) is 0.410. The van der Waals surface area contributed by atoms with E-state index >= 15 is 0 Å². The fourth-order valence-electron chi connectivity index (χ4n) is 2.97. The lowest BCUT2D eigenvalue weighted by Gasteiger charge is -2.28. The van der Waals surface area contributed by atoms with Gasteiger partial charge >= 0.3 is 0 Å². The summed E-state index contributed by atoms with van der Waals surface area (Å²) in [6, 6.07) is 16.1. The molecular formula is C19H19N3O3. The fourth-order valence-corrected chi connectivity index (χ4v) is 2.97. The average Bonchev–Trinajstić information content (AvgIpc) is 2.66. The summed E-state index contributed by atoms with van der Waals surface area (Å²) in [4.78, 5) is 26.5. The molecule has 2 aromatic carbocycles. The molecule has 128 valence electrons. The van der Waals surface area contributed by atoms with Crippen molar-refractivity contribution in [2.45, 2.75) is 12.5 Å². The smallest absolute Gasteiger partial charge is 0.275 e. The summed E-state index contributed by atoms with van der Waals surface area (Å²) < 4.78 is 0. The number of carbonyl (C=O) groups is 1. The Balaban J connectivity index is 2.02. The lowest BCUT2D eigenvalue weighted by molar-refractivity contribution is 0.0700. The van der Waals surface area contributed by atoms with Gasteiger partial charge in [-0.1, -0.05) is 48.5 Å². The maximum atomic E-state index is 13.0. The number of H-pyrrole nitrogens is 1. The molecule has 0 aliphatic heterocycles. The number of aliphatic hydroxyl groups is 1. The number of carbonyl (C=O) groups excluding carboxylic acids is 1. The Morgan fingerprint density at radius 2 is 1.76 bits per heavy atom. The van der Waals surface area contributed by atoms with Crippen LogP contribution < -0.4 is 5.56 Å². The largest absolute Gasteiger partial charge is 0.396 e. The molecule has 6 heteroatoms. The second kappa shape index (κ2) is 7.27. The second-order valence-corrected chi connectivity index (χ2v) is 5.80. The highest BCUT2D eigenvalue weighted by atomic mass is 16.3. The Kier molecular flexibility index (Phi) is 4.90. The van der Waals surface area contributed by atoms with Crippen molar-refractivity contribution in [3.63, 3.8) is 0 Å². The number of hydrogen-bond donors (Lipinski definition) is 2. The first-order chi connectivity index (χ1) is 12.1. The van der Waals surface area contributed by atoms with E-state index < -0.39 is 0 Å². The highest BCUT2D eigenvalue weighted by Gasteiger charge is 2.25. The van der Waals surface area contributed by atoms with Gasteiger partial charge in [0.25, 0.3) is 11.5 Å². The minimum Gasteiger partial charge on any atom is -0.396 e. The summed E-state index contributed by atoms with van der Waals surface area (Å²) in [5, 5.41) is 16.7. The number of fused-ring (bicyclic) bond motifs is 1. The number of amides is 1. The third kappa shape index (κ3) is 3.29. The second-order valence-electron chi connectivity index (χ2n) is 5.80. The number of aliphatic hydroxyl groups excluding tert-OH is 1. The summed E-state index contributed by atoms with van der Waals surface area (Å²) >= 11 is 0. The van der Waals surface area contributed by atoms with Gasteiger partial charge in [-0.2, -0.15) is 5.10 Å². The summed E-state index contributed by atoms with van der Waals surface area (Å²) in [7, 11) is 1.68. The van der Waals surface area contributed by atoms with E-state index in [9.17, 15) is 14.7 Å². The van der Waals surface area contributed by atoms with Crippen molar-refractivity contribution in [3.05, 3.63) is 76.2 Å². The zero-order valence-electron chi connectivity index (χ0n) is 13.8. The Hall–Kier alpha value is -2.99. The number of nitrogens with zero attached hydrogens (tertiary/aromatic N) is 2. The third-order valence-electron chi connectivity index (χ3n) is 4.27. The summed E-state index contributed by atoms with van der Waals surface area (Å²) in [5.74, 6) is -0.310. The maximum absolute atomic E-state index is 13.0. The molecule has 2 N–H and O–H groups in total. The topological polar surface area (TPSA) is 86.3 Å². The minimum atomic E-state index is -0.329. The Morgan fingerprint density at radius 3 is 2.44 bits per heavy atom. The van der Waals surface area contributed by atoms with Crippen LogP contribution in [-0.4, -0.2) is 39.8 Å². The fraction of sp³-hybridized carbons (Fsp3) is 0.211. The van der Waals surface area contributed by atoms with Crippen LogP contribution in [0.2, 0.25) is 0 Å². The molecule has 0 spiro atoms. The van der Waals surface area contributed by atoms with Gasteiger partial charge in [-0.25, -0.2) is 5.10 Å². The lowest BCUT2D eigenvalue weighted by atomic mass is 10.0. The zero-order chi connectivity index (χ0) is 17.8. The van der Waals surface area contributed by atoms with E-state index in [0.29, 0.717) is 17.2 Å². The van der Waals surface area contributed by atoms with E-state index in [2.05, 4.69) is 10.2 Å². The van der Waals surface area contributed by atoms with Gasteiger partial charge in [0, 0.05) is 19.0 Å². The van der Waals surface area contributed by atoms with Crippen LogP contribution in [0.3, 0.4) is 0 Å². The molecule has 3 rings (SSSR count). The summed E-state index contributed by atoms with van der Waals surface area (Å²) in [6.45, 7) is -0.0447. The standard InChI is InChI=1S/C19H19N3O3/c1-22(16(11-12-23)13-7-3-2-4-8-13)19(25)17-14-9-5-6-10-15(14)18(24)21-20-17/h2-10,16,23H,11-12H2,1H3,(H,21,24). The molecule has 0 radical (unpaired) electrons. The first kappa shape index (κ1) is 16.9. The van der Waals surface area contributed by atoms with Crippen molar-refractivity contribution < 1.29 is 9.90 Å². The number of rotatable bonds is 5. The van der Waals surface area contributed by atoms with Gasteiger partial charge in [0.15, 0.2) is 5.69 Å². The molecule has 1 amide bonds. The molecule has 1 heterocycles. The first-order valence-electron chi connectivity index (χ1n) is 8.04. The molecule has 3 aromatic rings. The molecule has 0 aliphatic carbocycles. The van der Waals surface area contributed by atoms with Gasteiger partial charge in [0.2, 0.25) is 0 Å². The van der Waals surface area contributed by atoms with E-state index in [-0.39, 0.29) is 29.8 Å². The molecule has 1 unspecified atom stereocenters. The molecule has 1 aromatic heterocycles. The number of aromatic amines is 1. The van der Waals surface area contributed by atoms with E-state index in [4.69, 9.17) is 0 Å². The Morgan fingerprint density at radius 1 is 1.12 bits per heavy atom. The Bertz CT molecular complexity index is 937. The first-order valence-corrected chi connectivity index (χ1v) is 8.04. The van der Waals surface area contributed by atoms with Crippen LogP contribution in [-0.2, 0) is 0 Å². The predicted octanol–water partition coefficient (Wildman–Crippen LogP) is 2.12. The monoisotopic (exact) mass is 337 g/mol. The van der Waals surface area contributed by atoms with Crippen molar-refractivity contribution in [2.75, 3.05) is 13.7 Å². The molecular weight excluding hydrogens is 318 g/mol. The van der Waals surface area contributed by atoms with Gasteiger partial charge in [0.05, 0.1) is 11.4 Å². The highest BCUT2D eigenvalue weighted by Crippen LogP contribution is 2.25. The van der Waals surface area contributed by atoms with Crippen molar-refractivity contribution in [1.82, 2.24) is 15.1 Å². The van der Waals surface area contributed by atoms with Crippen molar-refractivity contribution in [3.8, 4) is 0 Å². The van der Waals surface area contributed by atoms with Gasteiger partial charge in [0.1, 0.15) is 0 Å². The quantitative estimate of drug-likeness (QED) is 0.747. The van der Waals surface area contributed by atoms with E-state index in [1.807, 2.05) is 30.3 Å². The normalized spacial score (nSPS) is 12.1. The van der Waals surface area contributed by atoms with Gasteiger partial charge in [-0.05, 0) is 18.1 Å². The van der Waals surface area contributed by atoms with Gasteiger partial charge < -0.3 is 10.0 Å². The van der Waals surface area contributed by atoms with Crippen molar-refractivity contribution in [2.24, 2.45) is 0 Å². The zero-order valence-corrected chi connectivity index (χ0v) is 13.8. The molecule has 0 bridgehead atoms. The molecule has 25 heavy (non-hydrogen) atoms.